The molecule has 1 aliphatic rings. The van der Waals surface area contributed by atoms with Crippen molar-refractivity contribution in [1.29, 1.82) is 0 Å². The van der Waals surface area contributed by atoms with Crippen LogP contribution in [0.2, 0.25) is 0 Å². The molecule has 1 saturated carbocycles. The van der Waals surface area contributed by atoms with Gasteiger partial charge in [0.1, 0.15) is 0 Å². The van der Waals surface area contributed by atoms with E-state index in [1.54, 1.807) is 0 Å². The highest BCUT2D eigenvalue weighted by atomic mass is 14.9. The van der Waals surface area contributed by atoms with Crippen molar-refractivity contribution in [3.05, 3.63) is 35.4 Å². The average molecular weight is 203 g/mol. The van der Waals surface area contributed by atoms with Gasteiger partial charge in [0.2, 0.25) is 0 Å². The van der Waals surface area contributed by atoms with Crippen LogP contribution in [0.4, 0.5) is 0 Å². The summed E-state index contributed by atoms with van der Waals surface area (Å²) in [7, 11) is 2.10. The molecule has 0 aromatic heterocycles. The zero-order chi connectivity index (χ0) is 10.7. The topological polar surface area (TPSA) is 12.0 Å². The predicted octanol–water partition coefficient (Wildman–Crippen LogP) is 2.93. The molecule has 0 aliphatic heterocycles. The molecule has 0 heterocycles. The van der Waals surface area contributed by atoms with Crippen molar-refractivity contribution in [3.8, 4) is 0 Å². The van der Waals surface area contributed by atoms with Gasteiger partial charge in [-0.15, -0.1) is 0 Å². The van der Waals surface area contributed by atoms with Crippen LogP contribution in [0.15, 0.2) is 24.3 Å². The van der Waals surface area contributed by atoms with Crippen molar-refractivity contribution in [3.63, 3.8) is 0 Å². The fourth-order valence-electron chi connectivity index (χ4n) is 2.78. The quantitative estimate of drug-likeness (QED) is 0.796. The summed E-state index contributed by atoms with van der Waals surface area (Å²) in [4.78, 5) is 0. The zero-order valence-corrected chi connectivity index (χ0v) is 9.79. The van der Waals surface area contributed by atoms with E-state index in [2.05, 4.69) is 43.6 Å². The number of rotatable bonds is 3. The Morgan fingerprint density at radius 1 is 1.27 bits per heavy atom. The van der Waals surface area contributed by atoms with Crippen molar-refractivity contribution in [2.45, 2.75) is 38.6 Å². The molecule has 1 N–H and O–H groups in total. The minimum atomic E-state index is 0.740. The number of nitrogens with one attached hydrogen (secondary N) is 1. The molecule has 2 atom stereocenters. The predicted molar refractivity (Wildman–Crippen MR) is 65.1 cm³/mol. The lowest BCUT2D eigenvalue weighted by atomic mass is 9.92. The van der Waals surface area contributed by atoms with Crippen LogP contribution in [0, 0.1) is 12.8 Å². The van der Waals surface area contributed by atoms with Crippen molar-refractivity contribution < 1.29 is 0 Å². The van der Waals surface area contributed by atoms with Crippen molar-refractivity contribution in [2.24, 2.45) is 5.92 Å². The first-order chi connectivity index (χ1) is 7.31. The van der Waals surface area contributed by atoms with E-state index in [9.17, 15) is 0 Å². The summed E-state index contributed by atoms with van der Waals surface area (Å²) in [6, 6.07) is 9.53. The Labute approximate surface area is 92.9 Å². The highest BCUT2D eigenvalue weighted by molar-refractivity contribution is 5.26. The Kier molecular flexibility index (Phi) is 3.42. The van der Waals surface area contributed by atoms with E-state index in [1.165, 1.54) is 36.8 Å². The molecular weight excluding hydrogens is 182 g/mol. The van der Waals surface area contributed by atoms with Gasteiger partial charge in [0.15, 0.2) is 0 Å². The number of benzene rings is 1. The second-order valence-corrected chi connectivity index (χ2v) is 4.72. The molecule has 15 heavy (non-hydrogen) atoms. The Balaban J connectivity index is 2.05. The van der Waals surface area contributed by atoms with E-state index in [1.807, 2.05) is 0 Å². The number of hydrogen-bond donors (Lipinski definition) is 1. The molecule has 1 nitrogen and oxygen atoms in total. The molecule has 2 unspecified atom stereocenters. The molecule has 0 radical (unpaired) electrons. The Morgan fingerprint density at radius 3 is 2.80 bits per heavy atom. The van der Waals surface area contributed by atoms with Crippen LogP contribution in [0.5, 0.6) is 0 Å². The summed E-state index contributed by atoms with van der Waals surface area (Å²) >= 11 is 0. The smallest absolute Gasteiger partial charge is 0.00955 e. The van der Waals surface area contributed by atoms with Crippen LogP contribution in [0.1, 0.15) is 30.4 Å². The van der Waals surface area contributed by atoms with Crippen molar-refractivity contribution in [1.82, 2.24) is 5.32 Å². The van der Waals surface area contributed by atoms with E-state index >= 15 is 0 Å². The third kappa shape index (κ3) is 2.40. The Bertz CT molecular complexity index is 319. The van der Waals surface area contributed by atoms with E-state index in [-0.39, 0.29) is 0 Å². The first kappa shape index (κ1) is 10.7. The van der Waals surface area contributed by atoms with E-state index in [4.69, 9.17) is 0 Å². The van der Waals surface area contributed by atoms with E-state index in [0.717, 1.165) is 12.0 Å². The number of hydrogen-bond acceptors (Lipinski definition) is 1. The van der Waals surface area contributed by atoms with Gasteiger partial charge in [-0.25, -0.2) is 0 Å². The van der Waals surface area contributed by atoms with Gasteiger partial charge in [-0.05, 0) is 50.3 Å². The molecule has 1 aliphatic carbocycles. The SMILES string of the molecule is CNC1CCCC1Cc1ccccc1C. The van der Waals surface area contributed by atoms with Crippen LogP contribution < -0.4 is 5.32 Å². The third-order valence-corrected chi connectivity index (χ3v) is 3.77. The van der Waals surface area contributed by atoms with Gasteiger partial charge >= 0.3 is 0 Å². The summed E-state index contributed by atoms with van der Waals surface area (Å²) in [5.74, 6) is 0.844. The number of aryl methyl sites for hydroxylation is 1. The molecule has 0 spiro atoms. The van der Waals surface area contributed by atoms with Crippen LogP contribution in [-0.4, -0.2) is 13.1 Å². The van der Waals surface area contributed by atoms with Crippen LogP contribution in [0.3, 0.4) is 0 Å². The molecule has 82 valence electrons. The monoisotopic (exact) mass is 203 g/mol. The fourth-order valence-corrected chi connectivity index (χ4v) is 2.78. The molecule has 2 rings (SSSR count). The fraction of sp³-hybridized carbons (Fsp3) is 0.571. The van der Waals surface area contributed by atoms with Crippen molar-refractivity contribution >= 4 is 0 Å². The molecule has 0 saturated heterocycles. The Hall–Kier alpha value is -0.820. The maximum Gasteiger partial charge on any atom is 0.00955 e. The standard InChI is InChI=1S/C14H21N/c1-11-6-3-4-7-12(11)10-13-8-5-9-14(13)15-2/h3-4,6-7,13-15H,5,8-10H2,1-2H3. The van der Waals surface area contributed by atoms with Gasteiger partial charge in [0, 0.05) is 6.04 Å². The molecule has 0 amide bonds. The average Bonchev–Trinajstić information content (AvgIpc) is 2.69. The van der Waals surface area contributed by atoms with Crippen LogP contribution in [-0.2, 0) is 6.42 Å². The lowest BCUT2D eigenvalue weighted by Crippen LogP contribution is -2.30. The maximum atomic E-state index is 3.45. The van der Waals surface area contributed by atoms with Gasteiger partial charge < -0.3 is 5.32 Å². The van der Waals surface area contributed by atoms with E-state index < -0.39 is 0 Å². The molecule has 1 heteroatoms. The minimum absolute atomic E-state index is 0.740. The highest BCUT2D eigenvalue weighted by Gasteiger charge is 2.25. The summed E-state index contributed by atoms with van der Waals surface area (Å²) in [5.41, 5.74) is 2.98. The van der Waals surface area contributed by atoms with Gasteiger partial charge in [-0.2, -0.15) is 0 Å². The normalized spacial score (nSPS) is 25.7. The first-order valence-corrected chi connectivity index (χ1v) is 6.03. The van der Waals surface area contributed by atoms with Gasteiger partial charge in [-0.1, -0.05) is 30.7 Å². The minimum Gasteiger partial charge on any atom is -0.317 e. The molecule has 0 bridgehead atoms. The first-order valence-electron chi connectivity index (χ1n) is 6.03. The lowest BCUT2D eigenvalue weighted by molar-refractivity contribution is 0.423. The second-order valence-electron chi connectivity index (χ2n) is 4.72. The van der Waals surface area contributed by atoms with Crippen LogP contribution >= 0.6 is 0 Å². The summed E-state index contributed by atoms with van der Waals surface area (Å²) in [5, 5.41) is 3.45. The second kappa shape index (κ2) is 4.80. The lowest BCUT2D eigenvalue weighted by Gasteiger charge is -2.19. The van der Waals surface area contributed by atoms with Gasteiger partial charge in [-0.3, -0.25) is 0 Å². The van der Waals surface area contributed by atoms with Gasteiger partial charge in [0.25, 0.3) is 0 Å². The molecule has 1 aromatic rings. The van der Waals surface area contributed by atoms with Crippen LogP contribution in [0.25, 0.3) is 0 Å². The zero-order valence-electron chi connectivity index (χ0n) is 9.79. The highest BCUT2D eigenvalue weighted by Crippen LogP contribution is 2.29. The maximum absolute atomic E-state index is 3.45. The summed E-state index contributed by atoms with van der Waals surface area (Å²) < 4.78 is 0. The summed E-state index contributed by atoms with van der Waals surface area (Å²) in [6.07, 6.45) is 5.38. The van der Waals surface area contributed by atoms with E-state index in [0.29, 0.717) is 0 Å². The van der Waals surface area contributed by atoms with Crippen molar-refractivity contribution in [2.75, 3.05) is 7.05 Å². The Morgan fingerprint density at radius 2 is 2.07 bits per heavy atom. The summed E-state index contributed by atoms with van der Waals surface area (Å²) in [6.45, 7) is 2.22. The third-order valence-electron chi connectivity index (χ3n) is 3.77. The molecular formula is C14H21N. The molecule has 1 fully saturated rings. The largest absolute Gasteiger partial charge is 0.317 e. The molecule has 1 aromatic carbocycles. The van der Waals surface area contributed by atoms with Gasteiger partial charge in [0.05, 0.1) is 0 Å².